The fourth-order valence-electron chi connectivity index (χ4n) is 1.36. The second-order valence-electron chi connectivity index (χ2n) is 3.89. The van der Waals surface area contributed by atoms with E-state index in [1.54, 1.807) is 12.1 Å². The highest BCUT2D eigenvalue weighted by Crippen LogP contribution is 2.14. The second-order valence-corrected chi connectivity index (χ2v) is 3.89. The third-order valence-electron chi connectivity index (χ3n) is 2.27. The Morgan fingerprint density at radius 1 is 1.25 bits per heavy atom. The molecule has 0 amide bonds. The second kappa shape index (κ2) is 7.67. The minimum Gasteiger partial charge on any atom is -0.481 e. The molecular weight excluding hydrogens is 266 g/mol. The van der Waals surface area contributed by atoms with Crippen LogP contribution in [-0.2, 0) is 9.59 Å². The van der Waals surface area contributed by atoms with E-state index < -0.39 is 16.9 Å². The number of ether oxygens (including phenoxy) is 1. The van der Waals surface area contributed by atoms with Crippen molar-refractivity contribution < 1.29 is 24.4 Å². The van der Waals surface area contributed by atoms with Crippen LogP contribution in [0.3, 0.4) is 0 Å². The first-order valence-electron chi connectivity index (χ1n) is 5.81. The van der Waals surface area contributed by atoms with Crippen molar-refractivity contribution in [3.05, 3.63) is 46.1 Å². The lowest BCUT2D eigenvalue weighted by Crippen LogP contribution is -2.08. The lowest BCUT2D eigenvalue weighted by Gasteiger charge is -2.03. The van der Waals surface area contributed by atoms with E-state index in [1.807, 2.05) is 0 Å². The smallest absolute Gasteiger partial charge is 0.311 e. The van der Waals surface area contributed by atoms with Crippen molar-refractivity contribution in [2.45, 2.75) is 19.3 Å². The van der Waals surface area contributed by atoms with Crippen LogP contribution in [0.4, 0.5) is 0 Å². The van der Waals surface area contributed by atoms with Crippen molar-refractivity contribution in [3.8, 4) is 5.75 Å². The van der Waals surface area contributed by atoms with Gasteiger partial charge in [0.1, 0.15) is 5.75 Å². The van der Waals surface area contributed by atoms with Crippen molar-refractivity contribution in [1.82, 2.24) is 0 Å². The highest BCUT2D eigenvalue weighted by atomic mass is 16.6. The Balaban J connectivity index is 2.46. The average molecular weight is 279 g/mol. The molecule has 20 heavy (non-hydrogen) atoms. The largest absolute Gasteiger partial charge is 0.481 e. The zero-order valence-electron chi connectivity index (χ0n) is 10.5. The molecule has 1 N–H and O–H groups in total. The molecule has 0 saturated heterocycles. The minimum absolute atomic E-state index is 0.0231. The first kappa shape index (κ1) is 15.4. The van der Waals surface area contributed by atoms with Gasteiger partial charge >= 0.3 is 11.9 Å². The van der Waals surface area contributed by atoms with Crippen LogP contribution in [-0.4, -0.2) is 22.0 Å². The molecule has 0 atom stereocenters. The Bertz CT molecular complexity index is 520. The van der Waals surface area contributed by atoms with Crippen molar-refractivity contribution >= 4 is 18.0 Å². The average Bonchev–Trinajstić information content (AvgIpc) is 2.37. The van der Waals surface area contributed by atoms with Gasteiger partial charge in [-0.05, 0) is 24.1 Å². The van der Waals surface area contributed by atoms with Gasteiger partial charge in [-0.25, -0.2) is 0 Å². The maximum Gasteiger partial charge on any atom is 0.311 e. The molecule has 0 saturated carbocycles. The van der Waals surface area contributed by atoms with Gasteiger partial charge in [0.15, 0.2) is 0 Å². The van der Waals surface area contributed by atoms with Gasteiger partial charge in [-0.15, -0.1) is 0 Å². The number of rotatable bonds is 7. The standard InChI is InChI=1S/C13H13NO6/c15-12(16)2-1-3-13(17)20-11-6-4-10(5-7-11)8-9-14(18)19/h4-9H,1-3H2,(H,15,16)/b9-8+. The summed E-state index contributed by atoms with van der Waals surface area (Å²) in [5.74, 6) is -1.16. The molecule has 1 aromatic rings. The van der Waals surface area contributed by atoms with Crippen LogP contribution < -0.4 is 4.74 Å². The normalized spacial score (nSPS) is 10.4. The lowest BCUT2D eigenvalue weighted by atomic mass is 10.2. The van der Waals surface area contributed by atoms with Crippen LogP contribution in [0.15, 0.2) is 30.5 Å². The Morgan fingerprint density at radius 3 is 2.45 bits per heavy atom. The van der Waals surface area contributed by atoms with E-state index in [0.717, 1.165) is 6.20 Å². The Labute approximate surface area is 114 Å². The Kier molecular flexibility index (Phi) is 5.89. The van der Waals surface area contributed by atoms with Gasteiger partial charge in [0.2, 0.25) is 6.20 Å². The predicted molar refractivity (Wildman–Crippen MR) is 69.6 cm³/mol. The number of benzene rings is 1. The summed E-state index contributed by atoms with van der Waals surface area (Å²) >= 11 is 0. The maximum atomic E-state index is 11.4. The maximum absolute atomic E-state index is 11.4. The number of esters is 1. The first-order valence-corrected chi connectivity index (χ1v) is 5.81. The van der Waals surface area contributed by atoms with Gasteiger partial charge in [0.05, 0.1) is 4.92 Å². The third kappa shape index (κ3) is 6.29. The highest BCUT2D eigenvalue weighted by Gasteiger charge is 2.06. The van der Waals surface area contributed by atoms with E-state index in [9.17, 15) is 19.7 Å². The fourth-order valence-corrected chi connectivity index (χ4v) is 1.36. The van der Waals surface area contributed by atoms with E-state index in [2.05, 4.69) is 0 Å². The molecule has 0 aliphatic carbocycles. The van der Waals surface area contributed by atoms with Crippen molar-refractivity contribution in [1.29, 1.82) is 0 Å². The molecule has 0 aromatic heterocycles. The first-order chi connectivity index (χ1) is 9.47. The number of hydrogen-bond donors (Lipinski definition) is 1. The molecule has 0 unspecified atom stereocenters. The molecule has 0 aliphatic heterocycles. The molecular formula is C13H13NO6. The van der Waals surface area contributed by atoms with Gasteiger partial charge in [-0.3, -0.25) is 19.7 Å². The molecule has 0 spiro atoms. The van der Waals surface area contributed by atoms with Crippen LogP contribution in [0.1, 0.15) is 24.8 Å². The number of hydrogen-bond acceptors (Lipinski definition) is 5. The van der Waals surface area contributed by atoms with Crippen molar-refractivity contribution in [2.75, 3.05) is 0 Å². The van der Waals surface area contributed by atoms with Gasteiger partial charge in [-0.1, -0.05) is 12.1 Å². The van der Waals surface area contributed by atoms with Gasteiger partial charge < -0.3 is 9.84 Å². The molecule has 0 bridgehead atoms. The number of nitro groups is 1. The molecule has 0 heterocycles. The summed E-state index contributed by atoms with van der Waals surface area (Å²) in [6, 6.07) is 6.16. The van der Waals surface area contributed by atoms with Gasteiger partial charge in [0.25, 0.3) is 0 Å². The summed E-state index contributed by atoms with van der Waals surface area (Å²) in [5, 5.41) is 18.6. The van der Waals surface area contributed by atoms with E-state index >= 15 is 0 Å². The topological polar surface area (TPSA) is 107 Å². The lowest BCUT2D eigenvalue weighted by molar-refractivity contribution is -0.400. The number of carboxylic acid groups (broad SMARTS) is 1. The van der Waals surface area contributed by atoms with Crippen LogP contribution in [0, 0.1) is 10.1 Å². The number of carboxylic acids is 1. The molecule has 0 fully saturated rings. The predicted octanol–water partition coefficient (Wildman–Crippen LogP) is 2.09. The van der Waals surface area contributed by atoms with Crippen molar-refractivity contribution in [2.24, 2.45) is 0 Å². The van der Waals surface area contributed by atoms with Crippen molar-refractivity contribution in [3.63, 3.8) is 0 Å². The third-order valence-corrected chi connectivity index (χ3v) is 2.27. The number of aliphatic carboxylic acids is 1. The molecule has 1 aromatic carbocycles. The number of nitrogens with zero attached hydrogens (tertiary/aromatic N) is 1. The Hall–Kier alpha value is -2.70. The van der Waals surface area contributed by atoms with Gasteiger partial charge in [-0.2, -0.15) is 0 Å². The van der Waals surface area contributed by atoms with Crippen LogP contribution in [0.2, 0.25) is 0 Å². The highest BCUT2D eigenvalue weighted by molar-refractivity contribution is 5.73. The summed E-state index contributed by atoms with van der Waals surface area (Å²) in [5.41, 5.74) is 0.604. The molecule has 1 rings (SSSR count). The number of carbonyl (C=O) groups excluding carboxylic acids is 1. The SMILES string of the molecule is O=C(O)CCCC(=O)Oc1ccc(/C=C/[N+](=O)[O-])cc1. The monoisotopic (exact) mass is 279 g/mol. The molecule has 0 radical (unpaired) electrons. The molecule has 7 heteroatoms. The molecule has 7 nitrogen and oxygen atoms in total. The van der Waals surface area contributed by atoms with Crippen LogP contribution >= 0.6 is 0 Å². The van der Waals surface area contributed by atoms with Crippen LogP contribution in [0.25, 0.3) is 6.08 Å². The summed E-state index contributed by atoms with van der Waals surface area (Å²) in [6.45, 7) is 0. The molecule has 0 aliphatic rings. The van der Waals surface area contributed by atoms with Gasteiger partial charge in [0, 0.05) is 18.9 Å². The summed E-state index contributed by atoms with van der Waals surface area (Å²) in [4.78, 5) is 31.2. The molecule has 106 valence electrons. The summed E-state index contributed by atoms with van der Waals surface area (Å²) in [7, 11) is 0. The fraction of sp³-hybridized carbons (Fsp3) is 0.231. The van der Waals surface area contributed by atoms with E-state index in [1.165, 1.54) is 18.2 Å². The Morgan fingerprint density at radius 2 is 1.90 bits per heavy atom. The summed E-state index contributed by atoms with van der Waals surface area (Å²) in [6.07, 6.45) is 2.29. The quantitative estimate of drug-likeness (QED) is 0.354. The van der Waals surface area contributed by atoms with E-state index in [4.69, 9.17) is 9.84 Å². The number of carbonyl (C=O) groups is 2. The van der Waals surface area contributed by atoms with Crippen LogP contribution in [0.5, 0.6) is 5.75 Å². The minimum atomic E-state index is -0.959. The van der Waals surface area contributed by atoms with E-state index in [-0.39, 0.29) is 19.3 Å². The summed E-state index contributed by atoms with van der Waals surface area (Å²) < 4.78 is 4.99. The van der Waals surface area contributed by atoms with E-state index in [0.29, 0.717) is 11.3 Å². The zero-order chi connectivity index (χ0) is 15.0. The zero-order valence-corrected chi connectivity index (χ0v) is 10.5.